The number of rotatable bonds is 6. The van der Waals surface area contributed by atoms with E-state index in [9.17, 15) is 4.79 Å². The third kappa shape index (κ3) is 3.04. The predicted molar refractivity (Wildman–Crippen MR) is 107 cm³/mol. The summed E-state index contributed by atoms with van der Waals surface area (Å²) in [6.45, 7) is 1.98. The first-order valence-corrected chi connectivity index (χ1v) is 8.62. The van der Waals surface area contributed by atoms with Crippen LogP contribution >= 0.6 is 0 Å². The molecule has 1 unspecified atom stereocenters. The van der Waals surface area contributed by atoms with E-state index in [1.807, 2.05) is 38.6 Å². The van der Waals surface area contributed by atoms with Crippen molar-refractivity contribution in [3.63, 3.8) is 0 Å². The molecule has 0 fully saturated rings. The van der Waals surface area contributed by atoms with E-state index in [1.54, 1.807) is 18.0 Å². The average molecular weight is 380 g/mol. The summed E-state index contributed by atoms with van der Waals surface area (Å²) in [4.78, 5) is 22.7. The fourth-order valence-corrected chi connectivity index (χ4v) is 3.19. The van der Waals surface area contributed by atoms with Gasteiger partial charge in [0.25, 0.3) is 5.88 Å². The van der Waals surface area contributed by atoms with Crippen molar-refractivity contribution < 1.29 is 9.53 Å². The molecule has 3 aromatic rings. The van der Waals surface area contributed by atoms with Crippen molar-refractivity contribution >= 4 is 40.7 Å². The summed E-state index contributed by atoms with van der Waals surface area (Å²) in [5.74, 6) is 0.978. The number of nitrogens with zero attached hydrogens (tertiary/aromatic N) is 4. The van der Waals surface area contributed by atoms with Crippen LogP contribution in [0.4, 0.5) is 11.5 Å². The average Bonchev–Trinajstić information content (AvgIpc) is 3.27. The highest BCUT2D eigenvalue weighted by molar-refractivity contribution is 6.03. The van der Waals surface area contributed by atoms with Gasteiger partial charge in [0.1, 0.15) is 5.69 Å². The number of ether oxygens (including phenoxy) is 1. The van der Waals surface area contributed by atoms with E-state index >= 15 is 0 Å². The first-order valence-electron chi connectivity index (χ1n) is 8.62. The van der Waals surface area contributed by atoms with Gasteiger partial charge in [-0.2, -0.15) is 0 Å². The molecule has 1 atom stereocenters. The number of fused-ring (bicyclic) bond motifs is 1. The number of aromatic nitrogens is 4. The van der Waals surface area contributed by atoms with Crippen LogP contribution in [-0.2, 0) is 11.8 Å². The van der Waals surface area contributed by atoms with E-state index in [2.05, 4.69) is 36.0 Å². The lowest BCUT2D eigenvalue weighted by atomic mass is 10.1. The van der Waals surface area contributed by atoms with Gasteiger partial charge in [0.2, 0.25) is 6.41 Å². The Morgan fingerprint density at radius 3 is 3.04 bits per heavy atom. The molecule has 0 radical (unpaired) electrons. The van der Waals surface area contributed by atoms with Crippen molar-refractivity contribution in [3.8, 4) is 5.88 Å². The first kappa shape index (κ1) is 17.6. The Hall–Kier alpha value is -3.82. The quantitative estimate of drug-likeness (QED) is 0.483. The van der Waals surface area contributed by atoms with Crippen molar-refractivity contribution in [2.75, 3.05) is 17.7 Å². The van der Waals surface area contributed by atoms with Crippen LogP contribution in [0.2, 0.25) is 0 Å². The molecule has 0 bridgehead atoms. The molecule has 3 aromatic heterocycles. The van der Waals surface area contributed by atoms with Crippen molar-refractivity contribution in [1.82, 2.24) is 25.1 Å². The van der Waals surface area contributed by atoms with Gasteiger partial charge in [-0.15, -0.1) is 5.10 Å². The molecule has 0 saturated carbocycles. The Labute approximate surface area is 160 Å². The smallest absolute Gasteiger partial charge is 0.256 e. The molecule has 0 saturated heterocycles. The molecule has 144 valence electrons. The van der Waals surface area contributed by atoms with E-state index < -0.39 is 6.29 Å². The summed E-state index contributed by atoms with van der Waals surface area (Å²) in [7, 11) is 3.40. The summed E-state index contributed by atoms with van der Waals surface area (Å²) in [5, 5.41) is 14.5. The number of allylic oxidation sites excluding steroid dienone is 1. The molecular weight excluding hydrogens is 360 g/mol. The fourth-order valence-electron chi connectivity index (χ4n) is 3.19. The minimum atomic E-state index is -0.392. The monoisotopic (exact) mass is 380 g/mol. The zero-order chi connectivity index (χ0) is 19.7. The molecule has 4 heterocycles. The van der Waals surface area contributed by atoms with Gasteiger partial charge in [0.15, 0.2) is 12.1 Å². The van der Waals surface area contributed by atoms with E-state index in [0.29, 0.717) is 18.1 Å². The van der Waals surface area contributed by atoms with E-state index in [4.69, 9.17) is 4.74 Å². The van der Waals surface area contributed by atoms with E-state index in [-0.39, 0.29) is 0 Å². The van der Waals surface area contributed by atoms with Gasteiger partial charge in [0, 0.05) is 36.6 Å². The van der Waals surface area contributed by atoms with Crippen LogP contribution in [0.5, 0.6) is 5.88 Å². The summed E-state index contributed by atoms with van der Waals surface area (Å²) in [5.41, 5.74) is 4.36. The number of aliphatic imine (C=N–C) groups is 1. The minimum Gasteiger partial charge on any atom is -0.478 e. The highest BCUT2D eigenvalue weighted by Crippen LogP contribution is 2.30. The van der Waals surface area contributed by atoms with Crippen LogP contribution in [0.25, 0.3) is 16.6 Å². The zero-order valence-corrected chi connectivity index (χ0v) is 15.6. The maximum absolute atomic E-state index is 10.8. The molecule has 0 aromatic carbocycles. The summed E-state index contributed by atoms with van der Waals surface area (Å²) in [6.07, 6.45) is 7.41. The Balaban J connectivity index is 1.65. The number of aryl methyl sites for hydroxylation is 1. The second-order valence-corrected chi connectivity index (χ2v) is 6.30. The van der Waals surface area contributed by atoms with Gasteiger partial charge in [-0.05, 0) is 18.6 Å². The third-order valence-electron chi connectivity index (χ3n) is 4.44. The molecule has 1 aliphatic rings. The van der Waals surface area contributed by atoms with Crippen LogP contribution in [0.1, 0.15) is 12.5 Å². The molecule has 10 nitrogen and oxygen atoms in total. The second kappa shape index (κ2) is 7.06. The van der Waals surface area contributed by atoms with Crippen LogP contribution in [0.3, 0.4) is 0 Å². The molecule has 0 aliphatic carbocycles. The van der Waals surface area contributed by atoms with Crippen LogP contribution in [-0.4, -0.2) is 45.8 Å². The molecule has 1 amide bonds. The molecule has 4 rings (SSSR count). The van der Waals surface area contributed by atoms with Crippen molar-refractivity contribution in [2.45, 2.75) is 13.2 Å². The molecule has 1 aliphatic heterocycles. The van der Waals surface area contributed by atoms with Gasteiger partial charge in [-0.1, -0.05) is 0 Å². The molecule has 4 N–H and O–H groups in total. The largest absolute Gasteiger partial charge is 0.478 e. The van der Waals surface area contributed by atoms with Gasteiger partial charge >= 0.3 is 0 Å². The van der Waals surface area contributed by atoms with Gasteiger partial charge in [-0.25, -0.2) is 9.98 Å². The maximum atomic E-state index is 10.8. The predicted octanol–water partition coefficient (Wildman–Crippen LogP) is 1.67. The fraction of sp³-hybridized carbons (Fsp3) is 0.222. The van der Waals surface area contributed by atoms with Gasteiger partial charge in [-0.3, -0.25) is 9.48 Å². The Bertz CT molecular complexity index is 1090. The number of carbonyl (C=O) groups excluding carboxylic acids is 1. The van der Waals surface area contributed by atoms with Gasteiger partial charge in [0.05, 0.1) is 24.5 Å². The van der Waals surface area contributed by atoms with Crippen molar-refractivity contribution in [3.05, 3.63) is 35.8 Å². The number of aromatic amines is 1. The van der Waals surface area contributed by atoms with E-state index in [1.165, 1.54) is 0 Å². The number of hydrogen-bond donors (Lipinski definition) is 4. The lowest BCUT2D eigenvalue weighted by Crippen LogP contribution is -2.36. The number of nitrogens with one attached hydrogen (secondary N) is 4. The summed E-state index contributed by atoms with van der Waals surface area (Å²) < 4.78 is 6.96. The third-order valence-corrected chi connectivity index (χ3v) is 4.44. The Morgan fingerprint density at radius 1 is 1.39 bits per heavy atom. The number of pyridine rings is 1. The molecule has 28 heavy (non-hydrogen) atoms. The number of amides is 1. The maximum Gasteiger partial charge on any atom is 0.256 e. The lowest BCUT2D eigenvalue weighted by molar-refractivity contribution is -0.105. The number of carbonyl (C=O) groups is 1. The zero-order valence-electron chi connectivity index (χ0n) is 15.6. The van der Waals surface area contributed by atoms with Crippen molar-refractivity contribution in [1.29, 1.82) is 0 Å². The van der Waals surface area contributed by atoms with Gasteiger partial charge < -0.3 is 25.7 Å². The number of hydrogen-bond acceptors (Lipinski definition) is 7. The van der Waals surface area contributed by atoms with Crippen LogP contribution in [0.15, 0.2) is 35.2 Å². The summed E-state index contributed by atoms with van der Waals surface area (Å²) in [6, 6.07) is 1.90. The molecule has 0 spiro atoms. The number of methoxy groups -OCH3 is 1. The SMILES string of the molecule is COc1nn(C)cc1NC1N=CC(C)=C(c2c[nH]c3c(NC=O)nccc23)N1. The Kier molecular flexibility index (Phi) is 4.44. The second-order valence-electron chi connectivity index (χ2n) is 6.30. The minimum absolute atomic E-state index is 0.392. The highest BCUT2D eigenvalue weighted by atomic mass is 16.5. The van der Waals surface area contributed by atoms with E-state index in [0.717, 1.165) is 33.4 Å². The standard InChI is InChI=1S/C18H20N8O2/c1-10-6-21-18(23-13-8-26(2)25-17(13)28-3)24-14(10)12-7-20-15-11(12)4-5-19-16(15)22-9-27/h4-9,18,20,23-24H,1-3H3,(H,19,22,27). The normalized spacial score (nSPS) is 16.2. The first-order chi connectivity index (χ1) is 13.6. The van der Waals surface area contributed by atoms with Crippen LogP contribution < -0.4 is 20.7 Å². The number of anilines is 2. The number of H-pyrrole nitrogens is 1. The highest BCUT2D eigenvalue weighted by Gasteiger charge is 2.21. The topological polar surface area (TPSA) is 121 Å². The van der Waals surface area contributed by atoms with Crippen LogP contribution in [0, 0.1) is 0 Å². The molecule has 10 heteroatoms. The lowest BCUT2D eigenvalue weighted by Gasteiger charge is -2.24. The Morgan fingerprint density at radius 2 is 2.25 bits per heavy atom. The summed E-state index contributed by atoms with van der Waals surface area (Å²) >= 11 is 0. The molecular formula is C18H20N8O2. The van der Waals surface area contributed by atoms with Crippen molar-refractivity contribution in [2.24, 2.45) is 12.0 Å².